The number of hydrogen-bond acceptors (Lipinski definition) is 2. The molecule has 2 rings (SSSR count). The summed E-state index contributed by atoms with van der Waals surface area (Å²) in [7, 11) is 0. The van der Waals surface area contributed by atoms with Crippen molar-refractivity contribution in [3.05, 3.63) is 46.4 Å². The van der Waals surface area contributed by atoms with Gasteiger partial charge in [-0.15, -0.1) is 0 Å². The number of nitrogens with one attached hydrogen (secondary N) is 1. The van der Waals surface area contributed by atoms with Crippen LogP contribution in [-0.4, -0.2) is 9.97 Å². The lowest BCUT2D eigenvalue weighted by molar-refractivity contribution is 0.602. The molecule has 0 aliphatic heterocycles. The van der Waals surface area contributed by atoms with Gasteiger partial charge in [-0.3, -0.25) is 0 Å². The Balaban J connectivity index is 2.66. The maximum absolute atomic E-state index is 13.5. The molecule has 82 valence electrons. The molecule has 0 amide bonds. The molecule has 0 unspecified atom stereocenters. The third-order valence-electron chi connectivity index (χ3n) is 2.08. The molecule has 1 heterocycles. The molecule has 0 saturated carbocycles. The van der Waals surface area contributed by atoms with E-state index in [1.165, 1.54) is 0 Å². The Labute approximate surface area is 96.0 Å². The summed E-state index contributed by atoms with van der Waals surface area (Å²) in [5, 5.41) is 0. The predicted octanol–water partition coefficient (Wildman–Crippen LogP) is 3.39. The van der Waals surface area contributed by atoms with Gasteiger partial charge in [0.05, 0.1) is 5.69 Å². The van der Waals surface area contributed by atoms with Crippen molar-refractivity contribution in [2.45, 2.75) is 6.92 Å². The summed E-state index contributed by atoms with van der Waals surface area (Å²) in [6.07, 6.45) is 0. The first-order valence-corrected chi connectivity index (χ1v) is 5.00. The third-order valence-corrected chi connectivity index (χ3v) is 2.28. The van der Waals surface area contributed by atoms with E-state index in [1.54, 1.807) is 13.0 Å². The second-order valence-electron chi connectivity index (χ2n) is 3.38. The summed E-state index contributed by atoms with van der Waals surface area (Å²) in [5.41, 5.74) is 1.19. The van der Waals surface area contributed by atoms with Crippen molar-refractivity contribution in [1.29, 1.82) is 0 Å². The van der Waals surface area contributed by atoms with E-state index in [2.05, 4.69) is 9.97 Å². The standard InChI is InChI=1S/C11H8F2N2S/c1-6-4-10(15-11(16)14-6)8-5-7(12)2-3-9(8)13/h2-5H,1H3,(H,14,15,16). The van der Waals surface area contributed by atoms with E-state index in [0.717, 1.165) is 23.9 Å². The number of benzene rings is 1. The quantitative estimate of drug-likeness (QED) is 0.771. The van der Waals surface area contributed by atoms with Crippen molar-refractivity contribution in [3.8, 4) is 11.3 Å². The van der Waals surface area contributed by atoms with Crippen LogP contribution in [0.2, 0.25) is 0 Å². The number of aryl methyl sites for hydroxylation is 1. The monoisotopic (exact) mass is 238 g/mol. The maximum atomic E-state index is 13.5. The molecule has 0 aliphatic carbocycles. The largest absolute Gasteiger partial charge is 0.335 e. The molecule has 2 aromatic rings. The van der Waals surface area contributed by atoms with E-state index in [-0.39, 0.29) is 10.3 Å². The Morgan fingerprint density at radius 1 is 1.25 bits per heavy atom. The van der Waals surface area contributed by atoms with E-state index in [9.17, 15) is 8.78 Å². The van der Waals surface area contributed by atoms with Crippen LogP contribution in [0.15, 0.2) is 24.3 Å². The number of aromatic amines is 1. The van der Waals surface area contributed by atoms with Crippen LogP contribution < -0.4 is 0 Å². The van der Waals surface area contributed by atoms with Crippen LogP contribution in [-0.2, 0) is 0 Å². The highest BCUT2D eigenvalue weighted by atomic mass is 32.1. The molecule has 2 nitrogen and oxygen atoms in total. The van der Waals surface area contributed by atoms with Crippen LogP contribution in [0.4, 0.5) is 8.78 Å². The lowest BCUT2D eigenvalue weighted by Crippen LogP contribution is -1.93. The number of nitrogens with zero attached hydrogens (tertiary/aromatic N) is 1. The van der Waals surface area contributed by atoms with E-state index in [1.807, 2.05) is 0 Å². The van der Waals surface area contributed by atoms with Crippen molar-refractivity contribution >= 4 is 12.2 Å². The lowest BCUT2D eigenvalue weighted by Gasteiger charge is -2.03. The van der Waals surface area contributed by atoms with Gasteiger partial charge in [-0.2, -0.15) is 0 Å². The van der Waals surface area contributed by atoms with Gasteiger partial charge in [-0.05, 0) is 43.4 Å². The molecule has 16 heavy (non-hydrogen) atoms. The highest BCUT2D eigenvalue weighted by molar-refractivity contribution is 7.71. The second-order valence-corrected chi connectivity index (χ2v) is 3.77. The summed E-state index contributed by atoms with van der Waals surface area (Å²) in [6.45, 7) is 1.78. The van der Waals surface area contributed by atoms with Gasteiger partial charge in [0.1, 0.15) is 11.6 Å². The zero-order valence-corrected chi connectivity index (χ0v) is 9.24. The minimum Gasteiger partial charge on any atom is -0.335 e. The van der Waals surface area contributed by atoms with Crippen LogP contribution in [0, 0.1) is 23.3 Å². The topological polar surface area (TPSA) is 28.7 Å². The molecule has 0 fully saturated rings. The van der Waals surface area contributed by atoms with Crippen molar-refractivity contribution in [2.75, 3.05) is 0 Å². The average Bonchev–Trinajstić information content (AvgIpc) is 2.20. The van der Waals surface area contributed by atoms with Crippen molar-refractivity contribution < 1.29 is 8.78 Å². The number of aromatic nitrogens is 2. The highest BCUT2D eigenvalue weighted by Crippen LogP contribution is 2.21. The van der Waals surface area contributed by atoms with Crippen LogP contribution in [0.1, 0.15) is 5.69 Å². The fourth-order valence-electron chi connectivity index (χ4n) is 1.41. The summed E-state index contributed by atoms with van der Waals surface area (Å²) in [6, 6.07) is 4.86. The molecule has 1 aromatic carbocycles. The molecule has 0 atom stereocenters. The summed E-state index contributed by atoms with van der Waals surface area (Å²) in [4.78, 5) is 6.76. The van der Waals surface area contributed by atoms with Crippen LogP contribution in [0.5, 0.6) is 0 Å². The Kier molecular flexibility index (Phi) is 2.78. The summed E-state index contributed by atoms with van der Waals surface area (Å²) in [5.74, 6) is -1.02. The van der Waals surface area contributed by atoms with Gasteiger partial charge in [-0.1, -0.05) is 0 Å². The molecule has 5 heteroatoms. The molecular formula is C11H8F2N2S. The second kappa shape index (κ2) is 4.09. The van der Waals surface area contributed by atoms with Crippen LogP contribution in [0.3, 0.4) is 0 Å². The number of halogens is 2. The molecule has 1 N–H and O–H groups in total. The molecular weight excluding hydrogens is 230 g/mol. The van der Waals surface area contributed by atoms with E-state index in [4.69, 9.17) is 12.2 Å². The highest BCUT2D eigenvalue weighted by Gasteiger charge is 2.08. The van der Waals surface area contributed by atoms with Gasteiger partial charge in [0.2, 0.25) is 0 Å². The molecule has 0 radical (unpaired) electrons. The Morgan fingerprint density at radius 2 is 2.00 bits per heavy atom. The zero-order valence-electron chi connectivity index (χ0n) is 8.42. The van der Waals surface area contributed by atoms with Gasteiger partial charge in [-0.25, -0.2) is 13.8 Å². The Hall–Kier alpha value is -1.62. The molecule has 0 saturated heterocycles. The van der Waals surface area contributed by atoms with Gasteiger partial charge in [0.25, 0.3) is 0 Å². The number of H-pyrrole nitrogens is 1. The van der Waals surface area contributed by atoms with E-state index < -0.39 is 11.6 Å². The Bertz CT molecular complexity index is 593. The maximum Gasteiger partial charge on any atom is 0.197 e. The third kappa shape index (κ3) is 2.14. The van der Waals surface area contributed by atoms with Crippen LogP contribution >= 0.6 is 12.2 Å². The first kappa shape index (κ1) is 10.9. The van der Waals surface area contributed by atoms with E-state index in [0.29, 0.717) is 5.69 Å². The normalized spacial score (nSPS) is 10.4. The SMILES string of the molecule is Cc1cc(-c2cc(F)ccc2F)nc(=S)[nH]1. The smallest absolute Gasteiger partial charge is 0.197 e. The van der Waals surface area contributed by atoms with Gasteiger partial charge in [0, 0.05) is 11.3 Å². The van der Waals surface area contributed by atoms with Gasteiger partial charge < -0.3 is 4.98 Å². The van der Waals surface area contributed by atoms with Crippen molar-refractivity contribution in [3.63, 3.8) is 0 Å². The molecule has 0 aliphatic rings. The van der Waals surface area contributed by atoms with Crippen LogP contribution in [0.25, 0.3) is 11.3 Å². The molecule has 0 spiro atoms. The molecule has 1 aromatic heterocycles. The minimum atomic E-state index is -0.520. The number of hydrogen-bond donors (Lipinski definition) is 1. The fourth-order valence-corrected chi connectivity index (χ4v) is 1.67. The first-order valence-electron chi connectivity index (χ1n) is 4.59. The Morgan fingerprint density at radius 3 is 2.69 bits per heavy atom. The summed E-state index contributed by atoms with van der Waals surface area (Å²) >= 11 is 4.88. The minimum absolute atomic E-state index is 0.114. The van der Waals surface area contributed by atoms with Gasteiger partial charge in [0.15, 0.2) is 4.77 Å². The first-order chi connectivity index (χ1) is 7.56. The van der Waals surface area contributed by atoms with Crippen molar-refractivity contribution in [1.82, 2.24) is 9.97 Å². The average molecular weight is 238 g/mol. The fraction of sp³-hybridized carbons (Fsp3) is 0.0909. The predicted molar refractivity (Wildman–Crippen MR) is 59.5 cm³/mol. The molecule has 0 bridgehead atoms. The summed E-state index contributed by atoms with van der Waals surface area (Å²) < 4.78 is 26.7. The number of rotatable bonds is 1. The zero-order chi connectivity index (χ0) is 11.7. The lowest BCUT2D eigenvalue weighted by atomic mass is 10.1. The van der Waals surface area contributed by atoms with Gasteiger partial charge >= 0.3 is 0 Å². The van der Waals surface area contributed by atoms with E-state index >= 15 is 0 Å². The van der Waals surface area contributed by atoms with Crippen molar-refractivity contribution in [2.24, 2.45) is 0 Å².